The zero-order chi connectivity index (χ0) is 12.1. The first-order valence-electron chi connectivity index (χ1n) is 6.58. The molecular weight excluding hydrogens is 212 g/mol. The first-order chi connectivity index (χ1) is 8.28. The molecule has 4 heteroatoms. The lowest BCUT2D eigenvalue weighted by Crippen LogP contribution is -2.31. The summed E-state index contributed by atoms with van der Waals surface area (Å²) in [5.74, 6) is 1.63. The zero-order valence-electron chi connectivity index (χ0n) is 10.5. The van der Waals surface area contributed by atoms with Crippen LogP contribution in [0.4, 0.5) is 5.82 Å². The van der Waals surface area contributed by atoms with Gasteiger partial charge in [0.25, 0.3) is 0 Å². The number of aromatic nitrogens is 2. The highest BCUT2D eigenvalue weighted by molar-refractivity contribution is 5.34. The SMILES string of the molecule is CCc1cc(NCC2CCCC(N)C2)ncn1. The summed E-state index contributed by atoms with van der Waals surface area (Å²) in [6.45, 7) is 3.08. The molecule has 1 saturated carbocycles. The molecule has 3 N–H and O–H groups in total. The third kappa shape index (κ3) is 3.66. The molecular formula is C13H22N4. The summed E-state index contributed by atoms with van der Waals surface area (Å²) < 4.78 is 0. The van der Waals surface area contributed by atoms with E-state index in [1.165, 1.54) is 19.3 Å². The summed E-state index contributed by atoms with van der Waals surface area (Å²) in [5, 5.41) is 3.40. The third-order valence-corrected chi connectivity index (χ3v) is 3.48. The summed E-state index contributed by atoms with van der Waals surface area (Å²) in [5.41, 5.74) is 7.07. The number of hydrogen-bond acceptors (Lipinski definition) is 4. The second-order valence-corrected chi connectivity index (χ2v) is 4.92. The molecule has 0 amide bonds. The summed E-state index contributed by atoms with van der Waals surface area (Å²) in [6.07, 6.45) is 7.45. The highest BCUT2D eigenvalue weighted by atomic mass is 15.0. The van der Waals surface area contributed by atoms with Gasteiger partial charge in [0, 0.05) is 24.3 Å². The van der Waals surface area contributed by atoms with Crippen LogP contribution in [0.3, 0.4) is 0 Å². The first-order valence-corrected chi connectivity index (χ1v) is 6.58. The Hall–Kier alpha value is -1.16. The maximum atomic E-state index is 5.99. The number of anilines is 1. The number of nitrogens with two attached hydrogens (primary N) is 1. The Labute approximate surface area is 103 Å². The number of nitrogens with one attached hydrogen (secondary N) is 1. The van der Waals surface area contributed by atoms with Crippen molar-refractivity contribution in [3.05, 3.63) is 18.1 Å². The van der Waals surface area contributed by atoms with Gasteiger partial charge in [-0.15, -0.1) is 0 Å². The molecule has 0 saturated heterocycles. The maximum absolute atomic E-state index is 5.99. The smallest absolute Gasteiger partial charge is 0.129 e. The molecule has 0 aromatic carbocycles. The van der Waals surface area contributed by atoms with Crippen LogP contribution in [0.1, 0.15) is 38.3 Å². The van der Waals surface area contributed by atoms with Crippen LogP contribution in [-0.4, -0.2) is 22.6 Å². The molecule has 2 atom stereocenters. The topological polar surface area (TPSA) is 63.8 Å². The van der Waals surface area contributed by atoms with Crippen LogP contribution in [0.5, 0.6) is 0 Å². The molecule has 17 heavy (non-hydrogen) atoms. The van der Waals surface area contributed by atoms with Gasteiger partial charge in [-0.2, -0.15) is 0 Å². The molecule has 2 unspecified atom stereocenters. The largest absolute Gasteiger partial charge is 0.370 e. The van der Waals surface area contributed by atoms with Crippen molar-refractivity contribution in [2.24, 2.45) is 11.7 Å². The Kier molecular flexibility index (Phi) is 4.31. The molecule has 1 heterocycles. The van der Waals surface area contributed by atoms with E-state index in [1.54, 1.807) is 6.33 Å². The van der Waals surface area contributed by atoms with Crippen molar-refractivity contribution in [3.8, 4) is 0 Å². The van der Waals surface area contributed by atoms with Gasteiger partial charge in [-0.05, 0) is 31.6 Å². The van der Waals surface area contributed by atoms with E-state index in [-0.39, 0.29) is 0 Å². The highest BCUT2D eigenvalue weighted by Gasteiger charge is 2.18. The Morgan fingerprint density at radius 2 is 2.29 bits per heavy atom. The van der Waals surface area contributed by atoms with Gasteiger partial charge < -0.3 is 11.1 Å². The zero-order valence-corrected chi connectivity index (χ0v) is 10.5. The highest BCUT2D eigenvalue weighted by Crippen LogP contribution is 2.23. The van der Waals surface area contributed by atoms with Crippen molar-refractivity contribution in [2.45, 2.75) is 45.1 Å². The molecule has 0 radical (unpaired) electrons. The minimum absolute atomic E-state index is 0.396. The molecule has 2 rings (SSSR count). The summed E-state index contributed by atoms with van der Waals surface area (Å²) in [7, 11) is 0. The standard InChI is InChI=1S/C13H22N4/c1-2-12-7-13(17-9-16-12)15-8-10-4-3-5-11(14)6-10/h7,9-11H,2-6,8,14H2,1H3,(H,15,16,17). The van der Waals surface area contributed by atoms with Crippen molar-refractivity contribution in [1.29, 1.82) is 0 Å². The van der Waals surface area contributed by atoms with Crippen LogP contribution >= 0.6 is 0 Å². The number of hydrogen-bond donors (Lipinski definition) is 2. The second-order valence-electron chi connectivity index (χ2n) is 4.92. The monoisotopic (exact) mass is 234 g/mol. The lowest BCUT2D eigenvalue weighted by molar-refractivity contribution is 0.335. The number of aryl methyl sites for hydroxylation is 1. The Balaban J connectivity index is 1.84. The van der Waals surface area contributed by atoms with E-state index in [9.17, 15) is 0 Å². The lowest BCUT2D eigenvalue weighted by atomic mass is 9.86. The van der Waals surface area contributed by atoms with E-state index in [4.69, 9.17) is 5.73 Å². The lowest BCUT2D eigenvalue weighted by Gasteiger charge is -2.26. The Morgan fingerprint density at radius 1 is 1.41 bits per heavy atom. The van der Waals surface area contributed by atoms with Crippen molar-refractivity contribution in [3.63, 3.8) is 0 Å². The van der Waals surface area contributed by atoms with Crippen molar-refractivity contribution in [1.82, 2.24) is 9.97 Å². The van der Waals surface area contributed by atoms with E-state index in [0.29, 0.717) is 12.0 Å². The van der Waals surface area contributed by atoms with E-state index in [2.05, 4.69) is 22.2 Å². The maximum Gasteiger partial charge on any atom is 0.129 e. The van der Waals surface area contributed by atoms with Gasteiger partial charge in [0.15, 0.2) is 0 Å². The summed E-state index contributed by atoms with van der Waals surface area (Å²) in [4.78, 5) is 8.43. The van der Waals surface area contributed by atoms with E-state index in [1.807, 2.05) is 6.07 Å². The number of rotatable bonds is 4. The van der Waals surface area contributed by atoms with Gasteiger partial charge in [0.05, 0.1) is 0 Å². The molecule has 1 aliphatic rings. The molecule has 1 fully saturated rings. The van der Waals surface area contributed by atoms with Crippen LogP contribution in [0.2, 0.25) is 0 Å². The van der Waals surface area contributed by atoms with Gasteiger partial charge in [0.1, 0.15) is 12.1 Å². The normalized spacial score (nSPS) is 24.6. The number of nitrogens with zero attached hydrogens (tertiary/aromatic N) is 2. The van der Waals surface area contributed by atoms with Crippen molar-refractivity contribution < 1.29 is 0 Å². The van der Waals surface area contributed by atoms with E-state index >= 15 is 0 Å². The summed E-state index contributed by atoms with van der Waals surface area (Å²) in [6, 6.07) is 2.43. The predicted molar refractivity (Wildman–Crippen MR) is 69.8 cm³/mol. The van der Waals surface area contributed by atoms with E-state index in [0.717, 1.165) is 30.9 Å². The van der Waals surface area contributed by atoms with Crippen molar-refractivity contribution in [2.75, 3.05) is 11.9 Å². The summed E-state index contributed by atoms with van der Waals surface area (Å²) >= 11 is 0. The molecule has 0 spiro atoms. The molecule has 0 aliphatic heterocycles. The van der Waals surface area contributed by atoms with Crippen LogP contribution in [0.15, 0.2) is 12.4 Å². The Bertz CT molecular complexity index is 353. The average molecular weight is 234 g/mol. The predicted octanol–water partition coefficient (Wildman–Crippen LogP) is 1.97. The van der Waals surface area contributed by atoms with Gasteiger partial charge in [-0.25, -0.2) is 9.97 Å². The van der Waals surface area contributed by atoms with Crippen LogP contribution < -0.4 is 11.1 Å². The fourth-order valence-corrected chi connectivity index (χ4v) is 2.45. The fourth-order valence-electron chi connectivity index (χ4n) is 2.45. The fraction of sp³-hybridized carbons (Fsp3) is 0.692. The van der Waals surface area contributed by atoms with Gasteiger partial charge >= 0.3 is 0 Å². The van der Waals surface area contributed by atoms with Crippen LogP contribution in [0, 0.1) is 5.92 Å². The molecule has 1 aliphatic carbocycles. The van der Waals surface area contributed by atoms with E-state index < -0.39 is 0 Å². The van der Waals surface area contributed by atoms with Gasteiger partial charge in [-0.1, -0.05) is 13.3 Å². The molecule has 4 nitrogen and oxygen atoms in total. The van der Waals surface area contributed by atoms with Gasteiger partial charge in [0.2, 0.25) is 0 Å². The molecule has 94 valence electrons. The van der Waals surface area contributed by atoms with Crippen LogP contribution in [0.25, 0.3) is 0 Å². The molecule has 1 aromatic rings. The average Bonchev–Trinajstić information content (AvgIpc) is 2.37. The first kappa shape index (κ1) is 12.3. The molecule has 0 bridgehead atoms. The van der Waals surface area contributed by atoms with Crippen LogP contribution in [-0.2, 0) is 6.42 Å². The minimum Gasteiger partial charge on any atom is -0.370 e. The third-order valence-electron chi connectivity index (χ3n) is 3.48. The van der Waals surface area contributed by atoms with Crippen molar-refractivity contribution >= 4 is 5.82 Å². The molecule has 1 aromatic heterocycles. The minimum atomic E-state index is 0.396. The second kappa shape index (κ2) is 5.96. The quantitative estimate of drug-likeness (QED) is 0.836. The van der Waals surface area contributed by atoms with Gasteiger partial charge in [-0.3, -0.25) is 0 Å². The Morgan fingerprint density at radius 3 is 3.06 bits per heavy atom.